The van der Waals surface area contributed by atoms with Crippen LogP contribution in [0.25, 0.3) is 0 Å². The Labute approximate surface area is 144 Å². The van der Waals surface area contributed by atoms with Gasteiger partial charge in [0.05, 0.1) is 18.4 Å². The smallest absolute Gasteiger partial charge is 0.259 e. The van der Waals surface area contributed by atoms with Gasteiger partial charge in [-0.3, -0.25) is 4.79 Å². The molecular weight excluding hydrogens is 322 g/mol. The number of carbonyl (C=O) groups excluding carboxylic acids is 1. The maximum absolute atomic E-state index is 12.5. The first-order valence-electron chi connectivity index (χ1n) is 8.06. The minimum atomic E-state index is -0.108. The van der Waals surface area contributed by atoms with E-state index in [1.807, 2.05) is 30.3 Å². The van der Waals surface area contributed by atoms with Gasteiger partial charge in [-0.1, -0.05) is 23.4 Å². The van der Waals surface area contributed by atoms with Gasteiger partial charge in [0.15, 0.2) is 6.61 Å². The molecule has 0 radical (unpaired) electrons. The number of aromatic nitrogens is 2. The van der Waals surface area contributed by atoms with Crippen molar-refractivity contribution in [3.05, 3.63) is 65.2 Å². The second-order valence-electron chi connectivity index (χ2n) is 5.85. The van der Waals surface area contributed by atoms with Gasteiger partial charge in [0.1, 0.15) is 22.8 Å². The molecule has 0 spiro atoms. The van der Waals surface area contributed by atoms with Crippen LogP contribution in [-0.4, -0.2) is 27.5 Å². The molecule has 0 N–H and O–H groups in total. The Bertz CT molecular complexity index is 885. The number of fused-ring (bicyclic) bond motifs is 1. The zero-order chi connectivity index (χ0) is 17.2. The zero-order valence-electron chi connectivity index (χ0n) is 13.8. The first-order valence-corrected chi connectivity index (χ1v) is 8.06. The lowest BCUT2D eigenvalue weighted by atomic mass is 10.1. The van der Waals surface area contributed by atoms with Crippen molar-refractivity contribution in [3.8, 4) is 5.75 Å². The second kappa shape index (κ2) is 6.43. The number of nitrogens with zero attached hydrogens (tertiary/aromatic N) is 3. The second-order valence-corrected chi connectivity index (χ2v) is 5.85. The molecule has 1 amide bonds. The maximum Gasteiger partial charge on any atom is 0.259 e. The van der Waals surface area contributed by atoms with Crippen LogP contribution < -0.4 is 4.74 Å². The first kappa shape index (κ1) is 15.4. The van der Waals surface area contributed by atoms with Crippen LogP contribution in [0.2, 0.25) is 0 Å². The summed E-state index contributed by atoms with van der Waals surface area (Å²) in [5, 5.41) is 3.66. The van der Waals surface area contributed by atoms with Crippen LogP contribution in [0, 0.1) is 6.92 Å². The molecule has 1 aromatic carbocycles. The number of amides is 1. The van der Waals surface area contributed by atoms with E-state index >= 15 is 0 Å². The van der Waals surface area contributed by atoms with Gasteiger partial charge in [-0.25, -0.2) is 4.98 Å². The molecule has 128 valence electrons. The molecule has 7 nitrogen and oxygen atoms in total. The average molecular weight is 339 g/mol. The highest BCUT2D eigenvalue weighted by molar-refractivity contribution is 5.94. The summed E-state index contributed by atoms with van der Waals surface area (Å²) in [5.74, 6) is 2.40. The third-order valence-electron chi connectivity index (χ3n) is 4.15. The predicted molar refractivity (Wildman–Crippen MR) is 87.0 cm³/mol. The summed E-state index contributed by atoms with van der Waals surface area (Å²) < 4.78 is 16.4. The molecule has 4 rings (SSSR count). The van der Waals surface area contributed by atoms with Crippen molar-refractivity contribution in [2.75, 3.05) is 6.54 Å². The standard InChI is InChI=1S/C18H17N3O4/c1-12-14(9-19-25-12)18(22)21-8-7-15-16(10-21)24-17(20-15)11-23-13-5-3-2-4-6-13/h2-6,9H,7-8,10-11H2,1H3. The molecule has 7 heteroatoms. The van der Waals surface area contributed by atoms with Crippen LogP contribution in [-0.2, 0) is 19.6 Å². The van der Waals surface area contributed by atoms with Gasteiger partial charge in [0.25, 0.3) is 5.91 Å². The molecule has 1 aliphatic rings. The van der Waals surface area contributed by atoms with Crippen LogP contribution in [0.4, 0.5) is 0 Å². The highest BCUT2D eigenvalue weighted by Gasteiger charge is 2.28. The number of carbonyl (C=O) groups is 1. The number of benzene rings is 1. The minimum Gasteiger partial charge on any atom is -0.484 e. The maximum atomic E-state index is 12.5. The van der Waals surface area contributed by atoms with Gasteiger partial charge in [0, 0.05) is 13.0 Å². The summed E-state index contributed by atoms with van der Waals surface area (Å²) in [6, 6.07) is 9.51. The van der Waals surface area contributed by atoms with E-state index in [9.17, 15) is 4.79 Å². The number of oxazole rings is 1. The molecule has 2 aromatic heterocycles. The third kappa shape index (κ3) is 3.13. The summed E-state index contributed by atoms with van der Waals surface area (Å²) >= 11 is 0. The van der Waals surface area contributed by atoms with Crippen LogP contribution in [0.1, 0.15) is 33.5 Å². The van der Waals surface area contributed by atoms with Gasteiger partial charge in [0.2, 0.25) is 5.89 Å². The molecule has 1 aliphatic heterocycles. The van der Waals surface area contributed by atoms with Crippen LogP contribution >= 0.6 is 0 Å². The molecular formula is C18H17N3O4. The van der Waals surface area contributed by atoms with Gasteiger partial charge < -0.3 is 18.6 Å². The Balaban J connectivity index is 1.44. The Morgan fingerprint density at radius 3 is 2.92 bits per heavy atom. The van der Waals surface area contributed by atoms with E-state index in [-0.39, 0.29) is 12.5 Å². The highest BCUT2D eigenvalue weighted by atomic mass is 16.5. The molecule has 3 aromatic rings. The van der Waals surface area contributed by atoms with E-state index in [1.165, 1.54) is 6.20 Å². The molecule has 0 atom stereocenters. The highest BCUT2D eigenvalue weighted by Crippen LogP contribution is 2.23. The summed E-state index contributed by atoms with van der Waals surface area (Å²) in [6.45, 7) is 2.96. The van der Waals surface area contributed by atoms with Crippen LogP contribution in [0.15, 0.2) is 45.5 Å². The van der Waals surface area contributed by atoms with Crippen molar-refractivity contribution in [1.82, 2.24) is 15.0 Å². The van der Waals surface area contributed by atoms with E-state index in [1.54, 1.807) is 11.8 Å². The monoisotopic (exact) mass is 339 g/mol. The topological polar surface area (TPSA) is 81.6 Å². The molecule has 0 saturated carbocycles. The molecule has 0 aliphatic carbocycles. The van der Waals surface area contributed by atoms with Crippen molar-refractivity contribution in [1.29, 1.82) is 0 Å². The lowest BCUT2D eigenvalue weighted by molar-refractivity contribution is 0.0716. The number of hydrogen-bond acceptors (Lipinski definition) is 6. The number of ether oxygens (including phenoxy) is 1. The average Bonchev–Trinajstić information content (AvgIpc) is 3.25. The van der Waals surface area contributed by atoms with Gasteiger partial charge in [-0.2, -0.15) is 0 Å². The fraction of sp³-hybridized carbons (Fsp3) is 0.278. The number of aryl methyl sites for hydroxylation is 1. The summed E-state index contributed by atoms with van der Waals surface area (Å²) in [5.41, 5.74) is 1.37. The fourth-order valence-electron chi connectivity index (χ4n) is 2.82. The number of rotatable bonds is 4. The van der Waals surface area contributed by atoms with Crippen molar-refractivity contribution >= 4 is 5.91 Å². The Morgan fingerprint density at radius 2 is 2.16 bits per heavy atom. The quantitative estimate of drug-likeness (QED) is 0.727. The Kier molecular flexibility index (Phi) is 3.97. The van der Waals surface area contributed by atoms with E-state index in [0.717, 1.165) is 11.4 Å². The molecule has 0 saturated heterocycles. The summed E-state index contributed by atoms with van der Waals surface area (Å²) in [7, 11) is 0. The molecule has 0 fully saturated rings. The zero-order valence-corrected chi connectivity index (χ0v) is 13.8. The predicted octanol–water partition coefficient (Wildman–Crippen LogP) is 2.75. The van der Waals surface area contributed by atoms with Gasteiger partial charge in [-0.15, -0.1) is 0 Å². The molecule has 0 unspecified atom stereocenters. The van der Waals surface area contributed by atoms with E-state index in [2.05, 4.69) is 10.1 Å². The number of para-hydroxylation sites is 1. The fourth-order valence-corrected chi connectivity index (χ4v) is 2.82. The van der Waals surface area contributed by atoms with Gasteiger partial charge in [-0.05, 0) is 19.1 Å². The largest absolute Gasteiger partial charge is 0.484 e. The number of hydrogen-bond donors (Lipinski definition) is 0. The van der Waals surface area contributed by atoms with Crippen molar-refractivity contribution in [2.24, 2.45) is 0 Å². The lowest BCUT2D eigenvalue weighted by Gasteiger charge is -2.24. The van der Waals surface area contributed by atoms with E-state index < -0.39 is 0 Å². The van der Waals surface area contributed by atoms with Crippen molar-refractivity contribution < 1.29 is 18.5 Å². The Morgan fingerprint density at radius 1 is 1.32 bits per heavy atom. The third-order valence-corrected chi connectivity index (χ3v) is 4.15. The SMILES string of the molecule is Cc1oncc1C(=O)N1CCc2nc(COc3ccccc3)oc2C1. The molecule has 25 heavy (non-hydrogen) atoms. The van der Waals surface area contributed by atoms with E-state index in [0.29, 0.717) is 42.5 Å². The van der Waals surface area contributed by atoms with Crippen LogP contribution in [0.5, 0.6) is 5.75 Å². The van der Waals surface area contributed by atoms with E-state index in [4.69, 9.17) is 13.7 Å². The van der Waals surface area contributed by atoms with Crippen molar-refractivity contribution in [3.63, 3.8) is 0 Å². The van der Waals surface area contributed by atoms with Crippen LogP contribution in [0.3, 0.4) is 0 Å². The van der Waals surface area contributed by atoms with Gasteiger partial charge >= 0.3 is 0 Å². The first-order chi connectivity index (χ1) is 12.2. The summed E-state index contributed by atoms with van der Waals surface area (Å²) in [4.78, 5) is 18.7. The molecule has 3 heterocycles. The van der Waals surface area contributed by atoms with Crippen molar-refractivity contribution in [2.45, 2.75) is 26.5 Å². The Hall–Kier alpha value is -3.09. The molecule has 0 bridgehead atoms. The lowest BCUT2D eigenvalue weighted by Crippen LogP contribution is -2.35. The normalized spacial score (nSPS) is 13.6. The minimum absolute atomic E-state index is 0.108. The summed E-state index contributed by atoms with van der Waals surface area (Å²) in [6.07, 6.45) is 2.10.